The van der Waals surface area contributed by atoms with Crippen LogP contribution in [0, 0.1) is 0 Å². The first-order valence-corrected chi connectivity index (χ1v) is 6.77. The summed E-state index contributed by atoms with van der Waals surface area (Å²) in [5.74, 6) is -0.686. The van der Waals surface area contributed by atoms with Crippen molar-refractivity contribution < 1.29 is 28.2 Å². The van der Waals surface area contributed by atoms with Crippen LogP contribution in [0.25, 0.3) is 0 Å². The van der Waals surface area contributed by atoms with Crippen molar-refractivity contribution in [2.45, 2.75) is 33.0 Å². The largest absolute Gasteiger partial charge is 0.493 e. The van der Waals surface area contributed by atoms with Gasteiger partial charge in [-0.25, -0.2) is 9.18 Å². The topological polar surface area (TPSA) is 61.8 Å². The number of carbonyl (C=O) groups is 2. The van der Waals surface area contributed by atoms with E-state index < -0.39 is 18.3 Å². The lowest BCUT2D eigenvalue weighted by atomic mass is 10.2. The molecule has 6 heteroatoms. The number of para-hydroxylation sites is 1. The van der Waals surface area contributed by atoms with Crippen molar-refractivity contribution in [3.05, 3.63) is 29.8 Å². The van der Waals surface area contributed by atoms with Gasteiger partial charge in [-0.05, 0) is 25.5 Å². The maximum absolute atomic E-state index is 12.4. The van der Waals surface area contributed by atoms with Gasteiger partial charge in [0.15, 0.2) is 0 Å². The Hall–Kier alpha value is -2.11. The average Bonchev–Trinajstić information content (AvgIpc) is 2.43. The monoisotopic (exact) mass is 298 g/mol. The molecule has 21 heavy (non-hydrogen) atoms. The van der Waals surface area contributed by atoms with Crippen molar-refractivity contribution in [1.82, 2.24) is 0 Å². The lowest BCUT2D eigenvalue weighted by Crippen LogP contribution is -2.12. The molecule has 0 N–H and O–H groups in total. The van der Waals surface area contributed by atoms with Gasteiger partial charge in [0.25, 0.3) is 0 Å². The Morgan fingerprint density at radius 3 is 2.67 bits per heavy atom. The fourth-order valence-electron chi connectivity index (χ4n) is 1.61. The summed E-state index contributed by atoms with van der Waals surface area (Å²) in [7, 11) is 0. The minimum atomic E-state index is -1.61. The SMILES string of the molecule is CCOC(=O)c1ccccc1OCCCC(=O)OC(C)F. The van der Waals surface area contributed by atoms with Crippen LogP contribution >= 0.6 is 0 Å². The van der Waals surface area contributed by atoms with E-state index in [9.17, 15) is 14.0 Å². The maximum Gasteiger partial charge on any atom is 0.341 e. The van der Waals surface area contributed by atoms with Gasteiger partial charge < -0.3 is 14.2 Å². The third kappa shape index (κ3) is 6.25. The molecular weight excluding hydrogens is 279 g/mol. The van der Waals surface area contributed by atoms with E-state index in [2.05, 4.69) is 4.74 Å². The first kappa shape index (κ1) is 16.9. The highest BCUT2D eigenvalue weighted by Crippen LogP contribution is 2.19. The number of carbonyl (C=O) groups excluding carboxylic acids is 2. The molecule has 1 unspecified atom stereocenters. The normalized spacial score (nSPS) is 11.6. The van der Waals surface area contributed by atoms with Gasteiger partial charge in [-0.3, -0.25) is 4.79 Å². The summed E-state index contributed by atoms with van der Waals surface area (Å²) in [5.41, 5.74) is 0.333. The molecule has 0 aromatic heterocycles. The second kappa shape index (κ2) is 8.94. The molecule has 0 fully saturated rings. The molecule has 0 saturated carbocycles. The molecule has 1 aromatic rings. The summed E-state index contributed by atoms with van der Waals surface area (Å²) in [5, 5.41) is 0. The molecule has 116 valence electrons. The third-order valence-corrected chi connectivity index (χ3v) is 2.46. The van der Waals surface area contributed by atoms with E-state index in [-0.39, 0.29) is 19.6 Å². The summed E-state index contributed by atoms with van der Waals surface area (Å²) in [6.07, 6.45) is -1.19. The summed E-state index contributed by atoms with van der Waals surface area (Å²) in [6.45, 7) is 3.36. The van der Waals surface area contributed by atoms with E-state index in [1.807, 2.05) is 0 Å². The quantitative estimate of drug-likeness (QED) is 0.545. The van der Waals surface area contributed by atoms with Crippen LogP contribution in [0.15, 0.2) is 24.3 Å². The fourth-order valence-corrected chi connectivity index (χ4v) is 1.61. The molecule has 5 nitrogen and oxygen atoms in total. The molecule has 0 spiro atoms. The highest BCUT2D eigenvalue weighted by atomic mass is 19.1. The van der Waals surface area contributed by atoms with Crippen molar-refractivity contribution in [2.24, 2.45) is 0 Å². The Labute approximate surface area is 123 Å². The predicted octanol–water partition coefficient (Wildman–Crippen LogP) is 2.88. The van der Waals surface area contributed by atoms with Crippen LogP contribution in [-0.4, -0.2) is 31.5 Å². The predicted molar refractivity (Wildman–Crippen MR) is 73.8 cm³/mol. The summed E-state index contributed by atoms with van der Waals surface area (Å²) in [4.78, 5) is 22.8. The van der Waals surface area contributed by atoms with Gasteiger partial charge in [-0.15, -0.1) is 0 Å². The van der Waals surface area contributed by atoms with Gasteiger partial charge in [0, 0.05) is 13.3 Å². The smallest absolute Gasteiger partial charge is 0.341 e. The van der Waals surface area contributed by atoms with Gasteiger partial charge in [0.1, 0.15) is 11.3 Å². The molecule has 0 aliphatic carbocycles. The van der Waals surface area contributed by atoms with E-state index in [4.69, 9.17) is 9.47 Å². The molecule has 1 rings (SSSR count). The summed E-state index contributed by atoms with van der Waals surface area (Å²) >= 11 is 0. The molecule has 0 radical (unpaired) electrons. The Balaban J connectivity index is 2.45. The second-order valence-electron chi connectivity index (χ2n) is 4.20. The van der Waals surface area contributed by atoms with Gasteiger partial charge in [0.2, 0.25) is 6.36 Å². The van der Waals surface area contributed by atoms with E-state index in [1.165, 1.54) is 0 Å². The van der Waals surface area contributed by atoms with Crippen LogP contribution in [0.2, 0.25) is 0 Å². The number of ether oxygens (including phenoxy) is 3. The number of hydrogen-bond acceptors (Lipinski definition) is 5. The third-order valence-electron chi connectivity index (χ3n) is 2.46. The van der Waals surface area contributed by atoms with Gasteiger partial charge in [-0.2, -0.15) is 0 Å². The maximum atomic E-state index is 12.4. The van der Waals surface area contributed by atoms with Crippen molar-refractivity contribution >= 4 is 11.9 Å². The lowest BCUT2D eigenvalue weighted by molar-refractivity contribution is -0.156. The second-order valence-corrected chi connectivity index (χ2v) is 4.20. The molecule has 1 atom stereocenters. The number of benzene rings is 1. The standard InChI is InChI=1S/C15H19FO5/c1-3-19-15(18)12-7-4-5-8-13(12)20-10-6-9-14(17)21-11(2)16/h4-5,7-8,11H,3,6,9-10H2,1-2H3. The Morgan fingerprint density at radius 1 is 1.29 bits per heavy atom. The molecule has 0 saturated heterocycles. The Kier molecular flexibility index (Phi) is 7.21. The summed E-state index contributed by atoms with van der Waals surface area (Å²) < 4.78 is 27.2. The van der Waals surface area contributed by atoms with Crippen LogP contribution in [0.1, 0.15) is 37.0 Å². The van der Waals surface area contributed by atoms with Crippen LogP contribution < -0.4 is 4.74 Å². The van der Waals surface area contributed by atoms with E-state index >= 15 is 0 Å². The molecule has 1 aromatic carbocycles. The van der Waals surface area contributed by atoms with Gasteiger partial charge >= 0.3 is 11.9 Å². The number of halogens is 1. The minimum absolute atomic E-state index is 0.0514. The van der Waals surface area contributed by atoms with Crippen LogP contribution in [0.5, 0.6) is 5.75 Å². The number of rotatable bonds is 8. The van der Waals surface area contributed by atoms with E-state index in [0.717, 1.165) is 6.92 Å². The molecule has 0 amide bonds. The highest BCUT2D eigenvalue weighted by Gasteiger charge is 2.13. The molecule has 0 aliphatic heterocycles. The fraction of sp³-hybridized carbons (Fsp3) is 0.467. The molecule has 0 aliphatic rings. The minimum Gasteiger partial charge on any atom is -0.493 e. The highest BCUT2D eigenvalue weighted by molar-refractivity contribution is 5.92. The lowest BCUT2D eigenvalue weighted by Gasteiger charge is -2.10. The Morgan fingerprint density at radius 2 is 2.00 bits per heavy atom. The average molecular weight is 298 g/mol. The van der Waals surface area contributed by atoms with Crippen molar-refractivity contribution in [3.63, 3.8) is 0 Å². The van der Waals surface area contributed by atoms with E-state index in [0.29, 0.717) is 17.7 Å². The number of hydrogen-bond donors (Lipinski definition) is 0. The van der Waals surface area contributed by atoms with Crippen molar-refractivity contribution in [3.8, 4) is 5.75 Å². The number of esters is 2. The van der Waals surface area contributed by atoms with Crippen LogP contribution in [0.3, 0.4) is 0 Å². The van der Waals surface area contributed by atoms with Crippen molar-refractivity contribution in [2.75, 3.05) is 13.2 Å². The molecule has 0 heterocycles. The molecular formula is C15H19FO5. The van der Waals surface area contributed by atoms with Crippen LogP contribution in [0.4, 0.5) is 4.39 Å². The van der Waals surface area contributed by atoms with E-state index in [1.54, 1.807) is 31.2 Å². The zero-order chi connectivity index (χ0) is 15.7. The molecule has 0 bridgehead atoms. The first-order chi connectivity index (χ1) is 10.0. The first-order valence-electron chi connectivity index (χ1n) is 6.77. The zero-order valence-corrected chi connectivity index (χ0v) is 12.1. The van der Waals surface area contributed by atoms with Crippen molar-refractivity contribution in [1.29, 1.82) is 0 Å². The van der Waals surface area contributed by atoms with Gasteiger partial charge in [0.05, 0.1) is 13.2 Å². The zero-order valence-electron chi connectivity index (χ0n) is 12.1. The Bertz CT molecular complexity index is 473. The number of alkyl halides is 1. The van der Waals surface area contributed by atoms with Crippen LogP contribution in [-0.2, 0) is 14.3 Å². The van der Waals surface area contributed by atoms with Gasteiger partial charge in [-0.1, -0.05) is 12.1 Å². The summed E-state index contributed by atoms with van der Waals surface area (Å²) in [6, 6.07) is 6.69.